The summed E-state index contributed by atoms with van der Waals surface area (Å²) in [5.74, 6) is 1.59. The number of benzene rings is 3. The van der Waals surface area contributed by atoms with Gasteiger partial charge in [0.15, 0.2) is 11.5 Å². The summed E-state index contributed by atoms with van der Waals surface area (Å²) in [5, 5.41) is 2.91. The topological polar surface area (TPSA) is 86.3 Å². The molecule has 0 saturated heterocycles. The minimum atomic E-state index is -0.575. The van der Waals surface area contributed by atoms with Gasteiger partial charge in [-0.15, -0.1) is 0 Å². The summed E-state index contributed by atoms with van der Waals surface area (Å²) in [6.07, 6.45) is 0.0234. The first-order chi connectivity index (χ1) is 17.0. The number of rotatable bonds is 9. The maximum absolute atomic E-state index is 13.4. The molecule has 182 valence electrons. The number of methoxy groups -OCH3 is 4. The Balaban J connectivity index is 1.70. The molecule has 1 N–H and O–H groups in total. The molecule has 8 heteroatoms. The fourth-order valence-corrected chi connectivity index (χ4v) is 4.32. The van der Waals surface area contributed by atoms with E-state index in [4.69, 9.17) is 18.9 Å². The molecule has 0 aliphatic carbocycles. The standard InChI is InChI=1S/C27H28N2O6/c1-32-20-10-7-9-19(14-20)28-25(30)15-22(29-16-17-8-5-6-11-21(17)27(29)31)18-12-23(33-2)26(35-4)24(13-18)34-3/h5-14,22H,15-16H2,1-4H3,(H,28,30)/t22-/m1/s1. The van der Waals surface area contributed by atoms with Crippen molar-refractivity contribution in [2.24, 2.45) is 0 Å². The predicted molar refractivity (Wildman–Crippen MR) is 131 cm³/mol. The number of carbonyl (C=O) groups is 2. The second-order valence-corrected chi connectivity index (χ2v) is 8.05. The van der Waals surface area contributed by atoms with Crippen molar-refractivity contribution in [2.75, 3.05) is 33.8 Å². The van der Waals surface area contributed by atoms with Gasteiger partial charge in [0.2, 0.25) is 11.7 Å². The molecule has 1 aliphatic rings. The van der Waals surface area contributed by atoms with Gasteiger partial charge in [0.25, 0.3) is 5.91 Å². The van der Waals surface area contributed by atoms with Crippen molar-refractivity contribution in [1.29, 1.82) is 0 Å². The van der Waals surface area contributed by atoms with Gasteiger partial charge in [-0.3, -0.25) is 9.59 Å². The molecule has 2 amide bonds. The van der Waals surface area contributed by atoms with Crippen LogP contribution in [0.15, 0.2) is 60.7 Å². The van der Waals surface area contributed by atoms with Crippen LogP contribution in [0.25, 0.3) is 0 Å². The molecule has 0 aromatic heterocycles. The monoisotopic (exact) mass is 476 g/mol. The van der Waals surface area contributed by atoms with E-state index >= 15 is 0 Å². The maximum atomic E-state index is 13.4. The summed E-state index contributed by atoms with van der Waals surface area (Å²) in [5.41, 5.74) is 2.86. The molecule has 0 spiro atoms. The highest BCUT2D eigenvalue weighted by atomic mass is 16.5. The second-order valence-electron chi connectivity index (χ2n) is 8.05. The van der Waals surface area contributed by atoms with Crippen LogP contribution in [0.1, 0.15) is 33.9 Å². The van der Waals surface area contributed by atoms with E-state index in [1.54, 1.807) is 54.5 Å². The molecule has 3 aromatic carbocycles. The van der Waals surface area contributed by atoms with Gasteiger partial charge in [0.1, 0.15) is 5.75 Å². The average molecular weight is 477 g/mol. The highest BCUT2D eigenvalue weighted by molar-refractivity contribution is 5.99. The van der Waals surface area contributed by atoms with Crippen LogP contribution in [-0.4, -0.2) is 45.2 Å². The summed E-state index contributed by atoms with van der Waals surface area (Å²) in [6.45, 7) is 0.392. The molecule has 1 aliphatic heterocycles. The van der Waals surface area contributed by atoms with Crippen molar-refractivity contribution in [3.8, 4) is 23.0 Å². The van der Waals surface area contributed by atoms with Crippen LogP contribution < -0.4 is 24.3 Å². The first kappa shape index (κ1) is 23.9. The zero-order valence-corrected chi connectivity index (χ0v) is 20.2. The Morgan fingerprint density at radius 1 is 0.914 bits per heavy atom. The minimum Gasteiger partial charge on any atom is -0.497 e. The third-order valence-corrected chi connectivity index (χ3v) is 6.03. The number of anilines is 1. The fourth-order valence-electron chi connectivity index (χ4n) is 4.32. The number of hydrogen-bond acceptors (Lipinski definition) is 6. The molecule has 35 heavy (non-hydrogen) atoms. The lowest BCUT2D eigenvalue weighted by Crippen LogP contribution is -2.32. The second kappa shape index (κ2) is 10.4. The van der Waals surface area contributed by atoms with Crippen molar-refractivity contribution >= 4 is 17.5 Å². The van der Waals surface area contributed by atoms with E-state index in [1.807, 2.05) is 18.2 Å². The molecule has 0 radical (unpaired) electrons. The summed E-state index contributed by atoms with van der Waals surface area (Å²) in [4.78, 5) is 28.2. The third kappa shape index (κ3) is 4.87. The van der Waals surface area contributed by atoms with E-state index in [-0.39, 0.29) is 18.2 Å². The smallest absolute Gasteiger partial charge is 0.255 e. The van der Waals surface area contributed by atoms with Crippen LogP contribution in [-0.2, 0) is 11.3 Å². The largest absolute Gasteiger partial charge is 0.497 e. The average Bonchev–Trinajstić information content (AvgIpc) is 3.22. The van der Waals surface area contributed by atoms with Crippen LogP contribution in [0.3, 0.4) is 0 Å². The lowest BCUT2D eigenvalue weighted by Gasteiger charge is -2.29. The normalized spacial score (nSPS) is 13.1. The van der Waals surface area contributed by atoms with Crippen molar-refractivity contribution in [2.45, 2.75) is 19.0 Å². The molecule has 1 atom stereocenters. The van der Waals surface area contributed by atoms with E-state index in [9.17, 15) is 9.59 Å². The summed E-state index contributed by atoms with van der Waals surface area (Å²) < 4.78 is 21.7. The van der Waals surface area contributed by atoms with Gasteiger partial charge in [-0.25, -0.2) is 0 Å². The fraction of sp³-hybridized carbons (Fsp3) is 0.259. The molecule has 1 heterocycles. The lowest BCUT2D eigenvalue weighted by molar-refractivity contribution is -0.117. The lowest BCUT2D eigenvalue weighted by atomic mass is 10.00. The van der Waals surface area contributed by atoms with Crippen molar-refractivity contribution < 1.29 is 28.5 Å². The number of fused-ring (bicyclic) bond motifs is 1. The van der Waals surface area contributed by atoms with Crippen LogP contribution in [0, 0.1) is 0 Å². The predicted octanol–water partition coefficient (Wildman–Crippen LogP) is 4.45. The maximum Gasteiger partial charge on any atom is 0.255 e. The SMILES string of the molecule is COc1cccc(NC(=O)C[C@H](c2cc(OC)c(OC)c(OC)c2)N2Cc3ccccc3C2=O)c1. The number of nitrogens with zero attached hydrogens (tertiary/aromatic N) is 1. The molecule has 4 rings (SSSR count). The summed E-state index contributed by atoms with van der Waals surface area (Å²) >= 11 is 0. The Labute approximate surface area is 204 Å². The molecule has 0 saturated carbocycles. The third-order valence-electron chi connectivity index (χ3n) is 6.03. The van der Waals surface area contributed by atoms with Crippen LogP contribution >= 0.6 is 0 Å². The van der Waals surface area contributed by atoms with E-state index in [2.05, 4.69) is 5.32 Å². The first-order valence-corrected chi connectivity index (χ1v) is 11.1. The van der Waals surface area contributed by atoms with Crippen LogP contribution in [0.2, 0.25) is 0 Å². The van der Waals surface area contributed by atoms with Crippen LogP contribution in [0.5, 0.6) is 23.0 Å². The van der Waals surface area contributed by atoms with Gasteiger partial charge < -0.3 is 29.2 Å². The Kier molecular flexibility index (Phi) is 7.10. The molecule has 8 nitrogen and oxygen atoms in total. The number of ether oxygens (including phenoxy) is 4. The van der Waals surface area contributed by atoms with Gasteiger partial charge in [0.05, 0.1) is 40.9 Å². The first-order valence-electron chi connectivity index (χ1n) is 11.1. The van der Waals surface area contributed by atoms with Crippen molar-refractivity contribution in [3.05, 3.63) is 77.4 Å². The van der Waals surface area contributed by atoms with Crippen LogP contribution in [0.4, 0.5) is 5.69 Å². The van der Waals surface area contributed by atoms with E-state index < -0.39 is 6.04 Å². The molecular weight excluding hydrogens is 448 g/mol. The van der Waals surface area contributed by atoms with E-state index in [0.717, 1.165) is 5.56 Å². The minimum absolute atomic E-state index is 0.0234. The Morgan fingerprint density at radius 3 is 2.26 bits per heavy atom. The zero-order chi connectivity index (χ0) is 24.9. The number of nitrogens with one attached hydrogen (secondary N) is 1. The van der Waals surface area contributed by atoms with E-state index in [1.165, 1.54) is 21.3 Å². The molecule has 3 aromatic rings. The van der Waals surface area contributed by atoms with Gasteiger partial charge >= 0.3 is 0 Å². The molecular formula is C27H28N2O6. The Morgan fingerprint density at radius 2 is 1.63 bits per heavy atom. The van der Waals surface area contributed by atoms with Gasteiger partial charge in [-0.2, -0.15) is 0 Å². The van der Waals surface area contributed by atoms with Crippen molar-refractivity contribution in [3.63, 3.8) is 0 Å². The Bertz CT molecular complexity index is 1220. The Hall–Kier alpha value is -4.20. The highest BCUT2D eigenvalue weighted by Crippen LogP contribution is 2.43. The summed E-state index contributed by atoms with van der Waals surface area (Å²) in [7, 11) is 6.16. The van der Waals surface area contributed by atoms with Gasteiger partial charge in [-0.1, -0.05) is 24.3 Å². The summed E-state index contributed by atoms with van der Waals surface area (Å²) in [6, 6.07) is 17.6. The van der Waals surface area contributed by atoms with Gasteiger partial charge in [0, 0.05) is 23.9 Å². The zero-order valence-electron chi connectivity index (χ0n) is 20.2. The van der Waals surface area contributed by atoms with E-state index in [0.29, 0.717) is 46.4 Å². The number of carbonyl (C=O) groups excluding carboxylic acids is 2. The molecule has 0 fully saturated rings. The number of hydrogen-bond donors (Lipinski definition) is 1. The quantitative estimate of drug-likeness (QED) is 0.491. The highest BCUT2D eigenvalue weighted by Gasteiger charge is 2.35. The molecule has 0 bridgehead atoms. The number of amides is 2. The van der Waals surface area contributed by atoms with Gasteiger partial charge in [-0.05, 0) is 41.5 Å². The molecule has 0 unspecified atom stereocenters. The van der Waals surface area contributed by atoms with Crippen molar-refractivity contribution in [1.82, 2.24) is 4.90 Å².